The number of aliphatic hydroxyl groups is 1. The molecule has 0 bridgehead atoms. The fraction of sp³-hybridized carbons (Fsp3) is 0.667. The third-order valence-electron chi connectivity index (χ3n) is 2.41. The van der Waals surface area contributed by atoms with Gasteiger partial charge in [-0.3, -0.25) is 0 Å². The second-order valence-corrected chi connectivity index (χ2v) is 3.68. The van der Waals surface area contributed by atoms with Crippen molar-refractivity contribution in [1.29, 1.82) is 0 Å². The van der Waals surface area contributed by atoms with Crippen LogP contribution in [0.2, 0.25) is 0 Å². The van der Waals surface area contributed by atoms with E-state index in [1.54, 1.807) is 0 Å². The molecule has 0 aromatic rings. The van der Waals surface area contributed by atoms with Crippen molar-refractivity contribution in [3.05, 3.63) is 24.3 Å². The van der Waals surface area contributed by atoms with E-state index in [2.05, 4.69) is 24.3 Å². The molecule has 1 unspecified atom stereocenters. The Bertz CT molecular complexity index is 170. The van der Waals surface area contributed by atoms with Gasteiger partial charge in [-0.15, -0.1) is 0 Å². The number of hydrogen-bond acceptors (Lipinski definition) is 1. The fourth-order valence-corrected chi connectivity index (χ4v) is 1.57. The van der Waals surface area contributed by atoms with Gasteiger partial charge in [0.2, 0.25) is 0 Å². The summed E-state index contributed by atoms with van der Waals surface area (Å²) >= 11 is 0. The third-order valence-corrected chi connectivity index (χ3v) is 2.41. The van der Waals surface area contributed by atoms with Crippen LogP contribution in [0.15, 0.2) is 24.3 Å². The van der Waals surface area contributed by atoms with Gasteiger partial charge < -0.3 is 5.11 Å². The standard InChI is InChI=1S/C12H20O/c13-12-10-8-6-4-2-1-3-5-7-9-11-12/h2,4-5,7,12-13H,1,3,6,8-11H2/b4-2+,7-5-. The van der Waals surface area contributed by atoms with Gasteiger partial charge in [-0.05, 0) is 44.9 Å². The van der Waals surface area contributed by atoms with Crippen molar-refractivity contribution in [2.24, 2.45) is 0 Å². The zero-order valence-electron chi connectivity index (χ0n) is 8.28. The summed E-state index contributed by atoms with van der Waals surface area (Å²) in [5, 5.41) is 9.54. The minimum atomic E-state index is -0.0857. The number of allylic oxidation sites excluding steroid dienone is 4. The molecule has 0 fully saturated rings. The smallest absolute Gasteiger partial charge is 0.0543 e. The van der Waals surface area contributed by atoms with Gasteiger partial charge in [0.25, 0.3) is 0 Å². The first-order valence-electron chi connectivity index (χ1n) is 5.37. The normalized spacial score (nSPS) is 31.3. The molecule has 0 spiro atoms. The van der Waals surface area contributed by atoms with Gasteiger partial charge >= 0.3 is 0 Å². The van der Waals surface area contributed by atoms with Crippen LogP contribution in [0.3, 0.4) is 0 Å². The molecule has 1 aliphatic rings. The lowest BCUT2D eigenvalue weighted by Crippen LogP contribution is -2.05. The molecule has 0 radical (unpaired) electrons. The molecule has 0 aromatic carbocycles. The molecule has 0 aliphatic heterocycles. The van der Waals surface area contributed by atoms with Crippen LogP contribution < -0.4 is 0 Å². The van der Waals surface area contributed by atoms with Crippen molar-refractivity contribution in [3.63, 3.8) is 0 Å². The van der Waals surface area contributed by atoms with Crippen LogP contribution in [0, 0.1) is 0 Å². The molecule has 1 nitrogen and oxygen atoms in total. The molecule has 0 amide bonds. The van der Waals surface area contributed by atoms with E-state index in [4.69, 9.17) is 0 Å². The minimum Gasteiger partial charge on any atom is -0.393 e. The Kier molecular flexibility index (Phi) is 5.59. The summed E-state index contributed by atoms with van der Waals surface area (Å²) in [6.07, 6.45) is 16.3. The molecule has 1 rings (SSSR count). The maximum Gasteiger partial charge on any atom is 0.0543 e. The molecular formula is C12H20O. The van der Waals surface area contributed by atoms with Crippen LogP contribution >= 0.6 is 0 Å². The second-order valence-electron chi connectivity index (χ2n) is 3.68. The van der Waals surface area contributed by atoms with E-state index in [1.807, 2.05) is 0 Å². The van der Waals surface area contributed by atoms with Gasteiger partial charge in [0.1, 0.15) is 0 Å². The summed E-state index contributed by atoms with van der Waals surface area (Å²) in [6.45, 7) is 0. The quantitative estimate of drug-likeness (QED) is 0.567. The molecule has 1 heteroatoms. The average Bonchev–Trinajstić information content (AvgIpc) is 2.11. The Morgan fingerprint density at radius 2 is 1.38 bits per heavy atom. The van der Waals surface area contributed by atoms with E-state index < -0.39 is 0 Å². The van der Waals surface area contributed by atoms with E-state index in [0.29, 0.717) is 0 Å². The predicted octanol–water partition coefficient (Wildman–Crippen LogP) is 3.20. The van der Waals surface area contributed by atoms with Crippen LogP contribution in [-0.2, 0) is 0 Å². The Morgan fingerprint density at radius 1 is 0.769 bits per heavy atom. The lowest BCUT2D eigenvalue weighted by Gasteiger charge is -2.07. The monoisotopic (exact) mass is 180 g/mol. The molecule has 0 heterocycles. The molecule has 1 atom stereocenters. The zero-order valence-corrected chi connectivity index (χ0v) is 8.28. The largest absolute Gasteiger partial charge is 0.393 e. The van der Waals surface area contributed by atoms with E-state index >= 15 is 0 Å². The van der Waals surface area contributed by atoms with Gasteiger partial charge in [0.05, 0.1) is 6.10 Å². The highest BCUT2D eigenvalue weighted by atomic mass is 16.3. The Morgan fingerprint density at radius 3 is 2.15 bits per heavy atom. The maximum absolute atomic E-state index is 9.54. The summed E-state index contributed by atoms with van der Waals surface area (Å²) in [5.74, 6) is 0. The predicted molar refractivity (Wildman–Crippen MR) is 56.6 cm³/mol. The Labute approximate surface area is 81.2 Å². The van der Waals surface area contributed by atoms with Crippen LogP contribution in [0.4, 0.5) is 0 Å². The van der Waals surface area contributed by atoms with Crippen LogP contribution in [0.5, 0.6) is 0 Å². The highest BCUT2D eigenvalue weighted by molar-refractivity contribution is 4.89. The maximum atomic E-state index is 9.54. The first kappa shape index (κ1) is 10.5. The van der Waals surface area contributed by atoms with Crippen LogP contribution in [-0.4, -0.2) is 11.2 Å². The summed E-state index contributed by atoms with van der Waals surface area (Å²) in [6, 6.07) is 0. The molecule has 1 N–H and O–H groups in total. The van der Waals surface area contributed by atoms with Crippen molar-refractivity contribution < 1.29 is 5.11 Å². The van der Waals surface area contributed by atoms with Gasteiger partial charge in [0, 0.05) is 0 Å². The van der Waals surface area contributed by atoms with E-state index in [9.17, 15) is 5.11 Å². The third kappa shape index (κ3) is 5.64. The van der Waals surface area contributed by atoms with Crippen molar-refractivity contribution in [2.45, 2.75) is 51.0 Å². The zero-order chi connectivity index (χ0) is 9.36. The van der Waals surface area contributed by atoms with Gasteiger partial charge in [-0.2, -0.15) is 0 Å². The van der Waals surface area contributed by atoms with Crippen molar-refractivity contribution >= 4 is 0 Å². The summed E-state index contributed by atoms with van der Waals surface area (Å²) in [5.41, 5.74) is 0. The van der Waals surface area contributed by atoms with Gasteiger partial charge in [-0.1, -0.05) is 24.3 Å². The first-order valence-corrected chi connectivity index (χ1v) is 5.37. The summed E-state index contributed by atoms with van der Waals surface area (Å²) in [4.78, 5) is 0. The second kappa shape index (κ2) is 6.90. The number of rotatable bonds is 0. The van der Waals surface area contributed by atoms with Crippen molar-refractivity contribution in [1.82, 2.24) is 0 Å². The first-order chi connectivity index (χ1) is 6.39. The molecule has 0 saturated heterocycles. The molecule has 0 saturated carbocycles. The van der Waals surface area contributed by atoms with Gasteiger partial charge in [-0.25, -0.2) is 0 Å². The molecule has 13 heavy (non-hydrogen) atoms. The van der Waals surface area contributed by atoms with Crippen LogP contribution in [0.25, 0.3) is 0 Å². The molecular weight excluding hydrogens is 160 g/mol. The lowest BCUT2D eigenvalue weighted by molar-refractivity contribution is 0.153. The van der Waals surface area contributed by atoms with E-state index in [-0.39, 0.29) is 6.10 Å². The topological polar surface area (TPSA) is 20.2 Å². The average molecular weight is 180 g/mol. The lowest BCUT2D eigenvalue weighted by atomic mass is 10.1. The van der Waals surface area contributed by atoms with Crippen molar-refractivity contribution in [3.8, 4) is 0 Å². The van der Waals surface area contributed by atoms with Crippen LogP contribution in [0.1, 0.15) is 44.9 Å². The SMILES string of the molecule is OC1CC/C=C\CC/C=C/CCC1. The van der Waals surface area contributed by atoms with Gasteiger partial charge in [0.15, 0.2) is 0 Å². The summed E-state index contributed by atoms with van der Waals surface area (Å²) in [7, 11) is 0. The Hall–Kier alpha value is -0.560. The highest BCUT2D eigenvalue weighted by Crippen LogP contribution is 2.09. The Balaban J connectivity index is 2.29. The molecule has 1 aliphatic carbocycles. The fourth-order valence-electron chi connectivity index (χ4n) is 1.57. The molecule has 74 valence electrons. The summed E-state index contributed by atoms with van der Waals surface area (Å²) < 4.78 is 0. The number of aliphatic hydroxyl groups excluding tert-OH is 1. The minimum absolute atomic E-state index is 0.0857. The number of hydrogen-bond donors (Lipinski definition) is 1. The van der Waals surface area contributed by atoms with E-state index in [1.165, 1.54) is 6.42 Å². The van der Waals surface area contributed by atoms with Crippen molar-refractivity contribution in [2.75, 3.05) is 0 Å². The van der Waals surface area contributed by atoms with E-state index in [0.717, 1.165) is 38.5 Å². The highest BCUT2D eigenvalue weighted by Gasteiger charge is 2.01. The molecule has 0 aromatic heterocycles.